The number of fused-ring (bicyclic) bond motifs is 3. The van der Waals surface area contributed by atoms with Crippen LogP contribution in [-0.2, 0) is 0 Å². The SMILES string of the molecule is c1ccc(-c2cccc(-c3nc(-c4ccccc4)nc(-c4cccc(-c5ccc6c(ccc7nc(-c8ccccc8)oc76)c5)c4)n3)c2)cc1. The van der Waals surface area contributed by atoms with Crippen LogP contribution in [0.25, 0.3) is 89.7 Å². The molecule has 0 N–H and O–H groups in total. The van der Waals surface area contributed by atoms with Crippen molar-refractivity contribution in [3.05, 3.63) is 170 Å². The largest absolute Gasteiger partial charge is 0.435 e. The van der Waals surface area contributed by atoms with Crippen molar-refractivity contribution in [1.29, 1.82) is 0 Å². The molecule has 230 valence electrons. The maximum absolute atomic E-state index is 6.28. The van der Waals surface area contributed by atoms with Crippen molar-refractivity contribution in [3.63, 3.8) is 0 Å². The van der Waals surface area contributed by atoms with Crippen LogP contribution in [0.3, 0.4) is 0 Å². The standard InChI is InChI=1S/C44H28N4O/c1-4-12-29(13-5-1)32-18-10-20-36(27-32)42-46-41(30-14-6-2-7-15-30)47-43(48-42)37-21-11-19-33(28-37)34-22-24-38-35(26-34)23-25-39-40(38)49-44(45-39)31-16-8-3-9-17-31/h1-28H. The Labute approximate surface area is 283 Å². The summed E-state index contributed by atoms with van der Waals surface area (Å²) >= 11 is 0. The molecule has 9 aromatic rings. The summed E-state index contributed by atoms with van der Waals surface area (Å²) < 4.78 is 6.28. The molecular weight excluding hydrogens is 601 g/mol. The third kappa shape index (κ3) is 5.53. The molecule has 0 aliphatic heterocycles. The molecule has 49 heavy (non-hydrogen) atoms. The number of hydrogen-bond acceptors (Lipinski definition) is 5. The molecule has 0 aliphatic rings. The lowest BCUT2D eigenvalue weighted by atomic mass is 9.99. The second-order valence-electron chi connectivity index (χ2n) is 11.9. The molecule has 0 atom stereocenters. The number of rotatable bonds is 6. The fraction of sp³-hybridized carbons (Fsp3) is 0. The van der Waals surface area contributed by atoms with E-state index in [1.807, 2.05) is 72.8 Å². The third-order valence-corrected chi connectivity index (χ3v) is 8.74. The van der Waals surface area contributed by atoms with Gasteiger partial charge in [0.25, 0.3) is 0 Å². The first-order chi connectivity index (χ1) is 24.2. The first-order valence-corrected chi connectivity index (χ1v) is 16.2. The zero-order valence-corrected chi connectivity index (χ0v) is 26.4. The molecule has 9 rings (SSSR count). The molecular formula is C44H28N4O. The smallest absolute Gasteiger partial charge is 0.227 e. The summed E-state index contributed by atoms with van der Waals surface area (Å²) in [7, 11) is 0. The van der Waals surface area contributed by atoms with Crippen LogP contribution < -0.4 is 0 Å². The molecule has 0 saturated heterocycles. The Hall–Kier alpha value is -6.72. The molecule has 0 aliphatic carbocycles. The van der Waals surface area contributed by atoms with Gasteiger partial charge in [-0.3, -0.25) is 0 Å². The van der Waals surface area contributed by atoms with Gasteiger partial charge in [0.05, 0.1) is 0 Å². The molecule has 5 heteroatoms. The highest BCUT2D eigenvalue weighted by Crippen LogP contribution is 2.34. The molecule has 0 fully saturated rings. The zero-order valence-electron chi connectivity index (χ0n) is 26.4. The minimum Gasteiger partial charge on any atom is -0.435 e. The first kappa shape index (κ1) is 28.5. The van der Waals surface area contributed by atoms with Gasteiger partial charge >= 0.3 is 0 Å². The summed E-state index contributed by atoms with van der Waals surface area (Å²) in [5, 5.41) is 2.11. The van der Waals surface area contributed by atoms with E-state index in [-0.39, 0.29) is 0 Å². The Morgan fingerprint density at radius 1 is 0.327 bits per heavy atom. The second-order valence-corrected chi connectivity index (χ2v) is 11.9. The molecule has 0 bridgehead atoms. The monoisotopic (exact) mass is 628 g/mol. The molecule has 2 heterocycles. The van der Waals surface area contributed by atoms with Crippen molar-refractivity contribution in [1.82, 2.24) is 19.9 Å². The van der Waals surface area contributed by atoms with Gasteiger partial charge < -0.3 is 4.42 Å². The zero-order chi connectivity index (χ0) is 32.6. The van der Waals surface area contributed by atoms with Crippen LogP contribution >= 0.6 is 0 Å². The quantitative estimate of drug-likeness (QED) is 0.183. The van der Waals surface area contributed by atoms with Crippen molar-refractivity contribution < 1.29 is 4.42 Å². The summed E-state index contributed by atoms with van der Waals surface area (Å²) in [6, 6.07) is 57.8. The number of benzene rings is 7. The number of aromatic nitrogens is 4. The molecule has 0 spiro atoms. The predicted molar refractivity (Wildman–Crippen MR) is 198 cm³/mol. The van der Waals surface area contributed by atoms with Crippen LogP contribution in [0, 0.1) is 0 Å². The molecule has 0 amide bonds. The predicted octanol–water partition coefficient (Wildman–Crippen LogP) is 11.2. The highest BCUT2D eigenvalue weighted by molar-refractivity contribution is 6.04. The average Bonchev–Trinajstić information content (AvgIpc) is 3.64. The minimum absolute atomic E-state index is 0.619. The number of hydrogen-bond donors (Lipinski definition) is 0. The Morgan fingerprint density at radius 2 is 0.816 bits per heavy atom. The van der Waals surface area contributed by atoms with E-state index in [1.165, 1.54) is 0 Å². The molecule has 0 unspecified atom stereocenters. The van der Waals surface area contributed by atoms with Gasteiger partial charge in [-0.05, 0) is 70.1 Å². The fourth-order valence-corrected chi connectivity index (χ4v) is 6.25. The van der Waals surface area contributed by atoms with Crippen LogP contribution in [0.1, 0.15) is 0 Å². The van der Waals surface area contributed by atoms with Crippen LogP contribution in [-0.4, -0.2) is 19.9 Å². The van der Waals surface area contributed by atoms with E-state index in [9.17, 15) is 0 Å². The topological polar surface area (TPSA) is 64.7 Å². The van der Waals surface area contributed by atoms with Gasteiger partial charge in [0.15, 0.2) is 23.1 Å². The summed E-state index contributed by atoms with van der Waals surface area (Å²) in [6.45, 7) is 0. The van der Waals surface area contributed by atoms with Crippen molar-refractivity contribution in [2.75, 3.05) is 0 Å². The van der Waals surface area contributed by atoms with Crippen LogP contribution in [0.15, 0.2) is 174 Å². The Kier molecular flexibility index (Phi) is 7.06. The average molecular weight is 629 g/mol. The molecule has 0 radical (unpaired) electrons. The van der Waals surface area contributed by atoms with E-state index in [1.54, 1.807) is 0 Å². The van der Waals surface area contributed by atoms with Gasteiger partial charge in [-0.2, -0.15) is 0 Å². The minimum atomic E-state index is 0.619. The summed E-state index contributed by atoms with van der Waals surface area (Å²) in [5.74, 6) is 2.50. The van der Waals surface area contributed by atoms with E-state index in [0.29, 0.717) is 23.4 Å². The lowest BCUT2D eigenvalue weighted by Crippen LogP contribution is -2.00. The normalized spacial score (nSPS) is 11.3. The Morgan fingerprint density at radius 3 is 1.45 bits per heavy atom. The van der Waals surface area contributed by atoms with Crippen LogP contribution in [0.4, 0.5) is 0 Å². The van der Waals surface area contributed by atoms with E-state index in [0.717, 1.165) is 66.4 Å². The summed E-state index contributed by atoms with van der Waals surface area (Å²) in [5.41, 5.74) is 9.78. The van der Waals surface area contributed by atoms with Crippen LogP contribution in [0.2, 0.25) is 0 Å². The van der Waals surface area contributed by atoms with Crippen molar-refractivity contribution >= 4 is 21.9 Å². The molecule has 5 nitrogen and oxygen atoms in total. The Bertz CT molecular complexity index is 2600. The van der Waals surface area contributed by atoms with Gasteiger partial charge in [0.2, 0.25) is 5.89 Å². The van der Waals surface area contributed by atoms with E-state index < -0.39 is 0 Å². The van der Waals surface area contributed by atoms with Crippen molar-refractivity contribution in [2.45, 2.75) is 0 Å². The lowest BCUT2D eigenvalue weighted by Gasteiger charge is -2.11. The maximum atomic E-state index is 6.28. The molecule has 7 aromatic carbocycles. The van der Waals surface area contributed by atoms with Gasteiger partial charge in [-0.1, -0.05) is 127 Å². The van der Waals surface area contributed by atoms with Gasteiger partial charge in [0, 0.05) is 27.6 Å². The van der Waals surface area contributed by atoms with Crippen molar-refractivity contribution in [2.24, 2.45) is 0 Å². The summed E-state index contributed by atoms with van der Waals surface area (Å²) in [6.07, 6.45) is 0. The van der Waals surface area contributed by atoms with Gasteiger partial charge in [-0.15, -0.1) is 0 Å². The second kappa shape index (κ2) is 12.1. The Balaban J connectivity index is 1.12. The fourth-order valence-electron chi connectivity index (χ4n) is 6.25. The van der Waals surface area contributed by atoms with Crippen LogP contribution in [0.5, 0.6) is 0 Å². The molecule has 2 aromatic heterocycles. The number of nitrogens with zero attached hydrogens (tertiary/aromatic N) is 4. The van der Waals surface area contributed by atoms with E-state index in [2.05, 4.69) is 97.1 Å². The first-order valence-electron chi connectivity index (χ1n) is 16.2. The molecule has 0 saturated carbocycles. The number of oxazole rings is 1. The van der Waals surface area contributed by atoms with Gasteiger partial charge in [0.1, 0.15) is 5.52 Å². The maximum Gasteiger partial charge on any atom is 0.227 e. The van der Waals surface area contributed by atoms with E-state index in [4.69, 9.17) is 24.4 Å². The highest BCUT2D eigenvalue weighted by atomic mass is 16.3. The van der Waals surface area contributed by atoms with Crippen molar-refractivity contribution in [3.8, 4) is 67.9 Å². The summed E-state index contributed by atoms with van der Waals surface area (Å²) in [4.78, 5) is 19.7. The van der Waals surface area contributed by atoms with E-state index >= 15 is 0 Å². The third-order valence-electron chi connectivity index (χ3n) is 8.74. The lowest BCUT2D eigenvalue weighted by molar-refractivity contribution is 0.623. The van der Waals surface area contributed by atoms with Gasteiger partial charge in [-0.25, -0.2) is 19.9 Å². The highest BCUT2D eigenvalue weighted by Gasteiger charge is 2.15.